The molecule has 0 aliphatic heterocycles. The first-order valence-corrected chi connectivity index (χ1v) is 7.00. The minimum absolute atomic E-state index is 0. The molecule has 0 aromatic heterocycles. The molecule has 0 aromatic rings. The van der Waals surface area contributed by atoms with Crippen molar-refractivity contribution in [3.05, 3.63) is 12.2 Å². The lowest BCUT2D eigenvalue weighted by Crippen LogP contribution is -2.35. The van der Waals surface area contributed by atoms with Crippen molar-refractivity contribution in [3.63, 3.8) is 0 Å². The van der Waals surface area contributed by atoms with Gasteiger partial charge in [-0.2, -0.15) is 0 Å². The molecule has 0 aliphatic rings. The van der Waals surface area contributed by atoms with E-state index < -0.39 is 0 Å². The van der Waals surface area contributed by atoms with E-state index in [4.69, 9.17) is 5.73 Å². The van der Waals surface area contributed by atoms with E-state index in [0.29, 0.717) is 12.5 Å². The van der Waals surface area contributed by atoms with Crippen LogP contribution in [0, 0.1) is 0 Å². The lowest BCUT2D eigenvalue weighted by atomic mass is 10.3. The molecule has 0 atom stereocenters. The van der Waals surface area contributed by atoms with E-state index in [1.165, 1.54) is 25.9 Å². The fraction of sp³-hybridized carbons (Fsp3) is 0.786. The Kier molecular flexibility index (Phi) is 15.6. The highest BCUT2D eigenvalue weighted by atomic mass is 127. The molecule has 3 N–H and O–H groups in total. The van der Waals surface area contributed by atoms with Crippen LogP contribution in [0.3, 0.4) is 0 Å². The van der Waals surface area contributed by atoms with Gasteiger partial charge in [0.2, 0.25) is 0 Å². The zero-order chi connectivity index (χ0) is 13.8. The zero-order valence-corrected chi connectivity index (χ0v) is 15.1. The van der Waals surface area contributed by atoms with E-state index in [1.54, 1.807) is 0 Å². The molecule has 0 rings (SSSR count). The normalized spacial score (nSPS) is 11.3. The van der Waals surface area contributed by atoms with Crippen LogP contribution in [0.4, 0.5) is 0 Å². The largest absolute Gasteiger partial charge is 0.370 e. The second-order valence-corrected chi connectivity index (χ2v) is 4.78. The van der Waals surface area contributed by atoms with Crippen LogP contribution in [-0.4, -0.2) is 43.6 Å². The summed E-state index contributed by atoms with van der Waals surface area (Å²) in [5, 5.41) is 3.14. The smallest absolute Gasteiger partial charge is 0.188 e. The van der Waals surface area contributed by atoms with Crippen LogP contribution in [0.2, 0.25) is 0 Å². The number of nitrogens with two attached hydrogens (primary N) is 1. The van der Waals surface area contributed by atoms with Crippen LogP contribution in [0.25, 0.3) is 0 Å². The monoisotopic (exact) mass is 382 g/mol. The highest BCUT2D eigenvalue weighted by Gasteiger charge is 2.01. The maximum Gasteiger partial charge on any atom is 0.188 e. The van der Waals surface area contributed by atoms with E-state index in [2.05, 4.69) is 35.6 Å². The summed E-state index contributed by atoms with van der Waals surface area (Å²) in [6.07, 6.45) is 3.54. The Morgan fingerprint density at radius 2 is 1.79 bits per heavy atom. The fourth-order valence-electron chi connectivity index (χ4n) is 1.76. The van der Waals surface area contributed by atoms with Crippen molar-refractivity contribution in [2.24, 2.45) is 10.7 Å². The van der Waals surface area contributed by atoms with Crippen molar-refractivity contribution in [1.82, 2.24) is 10.2 Å². The maximum absolute atomic E-state index is 5.74. The van der Waals surface area contributed by atoms with E-state index >= 15 is 0 Å². The van der Waals surface area contributed by atoms with Crippen LogP contribution >= 0.6 is 24.0 Å². The third kappa shape index (κ3) is 13.9. The minimum Gasteiger partial charge on any atom is -0.370 e. The van der Waals surface area contributed by atoms with Crippen LogP contribution in [-0.2, 0) is 0 Å². The molecule has 114 valence electrons. The fourth-order valence-corrected chi connectivity index (χ4v) is 1.76. The number of rotatable bonds is 10. The summed E-state index contributed by atoms with van der Waals surface area (Å²) in [6.45, 7) is 15.2. The second kappa shape index (κ2) is 14.1. The summed E-state index contributed by atoms with van der Waals surface area (Å²) in [4.78, 5) is 6.69. The molecule has 0 amide bonds. The van der Waals surface area contributed by atoms with Gasteiger partial charge in [0.15, 0.2) is 5.96 Å². The van der Waals surface area contributed by atoms with Gasteiger partial charge >= 0.3 is 0 Å². The highest BCUT2D eigenvalue weighted by Crippen LogP contribution is 1.95. The number of nitrogens with one attached hydrogen (secondary N) is 1. The number of guanidine groups is 1. The summed E-state index contributed by atoms with van der Waals surface area (Å²) in [6, 6.07) is 0. The Hall–Kier alpha value is -0.300. The van der Waals surface area contributed by atoms with Crippen LogP contribution in [0.5, 0.6) is 0 Å². The van der Waals surface area contributed by atoms with E-state index in [1.807, 2.05) is 6.92 Å². The van der Waals surface area contributed by atoms with Gasteiger partial charge in [-0.1, -0.05) is 26.0 Å². The molecule has 0 saturated heterocycles. The third-order valence-electron chi connectivity index (χ3n) is 2.56. The molecule has 0 aromatic carbocycles. The van der Waals surface area contributed by atoms with E-state index in [9.17, 15) is 0 Å². The Morgan fingerprint density at radius 3 is 2.26 bits per heavy atom. The topological polar surface area (TPSA) is 53.6 Å². The summed E-state index contributed by atoms with van der Waals surface area (Å²) in [5.41, 5.74) is 6.77. The Morgan fingerprint density at radius 1 is 1.21 bits per heavy atom. The van der Waals surface area contributed by atoms with Gasteiger partial charge in [0.05, 0.1) is 6.54 Å². The van der Waals surface area contributed by atoms with E-state index in [-0.39, 0.29) is 24.0 Å². The van der Waals surface area contributed by atoms with Gasteiger partial charge in [0, 0.05) is 6.54 Å². The lowest BCUT2D eigenvalue weighted by molar-refractivity contribution is 0.272. The van der Waals surface area contributed by atoms with Gasteiger partial charge in [-0.15, -0.1) is 24.0 Å². The van der Waals surface area contributed by atoms with Crippen molar-refractivity contribution in [1.29, 1.82) is 0 Å². The SMILES string of the molecule is C=C(C)CN=C(N)NCCCN(CCC)CCC.I. The molecule has 0 heterocycles. The first-order valence-electron chi connectivity index (χ1n) is 7.00. The number of hydrogen-bond acceptors (Lipinski definition) is 2. The summed E-state index contributed by atoms with van der Waals surface area (Å²) in [5.74, 6) is 0.524. The summed E-state index contributed by atoms with van der Waals surface area (Å²) >= 11 is 0. The Bertz CT molecular complexity index is 248. The molecular formula is C14H31IN4. The van der Waals surface area contributed by atoms with Crippen LogP contribution in [0.15, 0.2) is 17.1 Å². The molecular weight excluding hydrogens is 351 g/mol. The Balaban J connectivity index is 0. The van der Waals surface area contributed by atoms with E-state index in [0.717, 1.165) is 25.1 Å². The predicted molar refractivity (Wildman–Crippen MR) is 96.4 cm³/mol. The third-order valence-corrected chi connectivity index (χ3v) is 2.56. The molecule has 4 nitrogen and oxygen atoms in total. The molecule has 0 aliphatic carbocycles. The standard InChI is InChI=1S/C14H30N4.HI/c1-5-9-18(10-6-2)11-7-8-16-14(15)17-12-13(3)4;/h3,5-12H2,1-2,4H3,(H3,15,16,17);1H. The average molecular weight is 382 g/mol. The highest BCUT2D eigenvalue weighted by molar-refractivity contribution is 14.0. The molecule has 0 radical (unpaired) electrons. The first-order chi connectivity index (χ1) is 8.60. The van der Waals surface area contributed by atoms with Gasteiger partial charge < -0.3 is 16.0 Å². The number of halogens is 1. The van der Waals surface area contributed by atoms with Gasteiger partial charge in [0.1, 0.15) is 0 Å². The molecule has 5 heteroatoms. The predicted octanol–water partition coefficient (Wildman–Crippen LogP) is 2.60. The van der Waals surface area contributed by atoms with Crippen molar-refractivity contribution >= 4 is 29.9 Å². The quantitative estimate of drug-likeness (QED) is 0.201. The molecule has 0 fully saturated rings. The number of nitrogens with zero attached hydrogens (tertiary/aromatic N) is 2. The van der Waals surface area contributed by atoms with Crippen molar-refractivity contribution in [3.8, 4) is 0 Å². The Labute approximate surface area is 135 Å². The molecule has 19 heavy (non-hydrogen) atoms. The molecule has 0 bridgehead atoms. The van der Waals surface area contributed by atoms with Crippen molar-refractivity contribution < 1.29 is 0 Å². The number of aliphatic imine (C=N–C) groups is 1. The summed E-state index contributed by atoms with van der Waals surface area (Å²) in [7, 11) is 0. The number of hydrogen-bond donors (Lipinski definition) is 2. The first kappa shape index (κ1) is 21.0. The molecule has 0 saturated carbocycles. The van der Waals surface area contributed by atoms with Crippen molar-refractivity contribution in [2.75, 3.05) is 32.7 Å². The lowest BCUT2D eigenvalue weighted by Gasteiger charge is -2.20. The molecule has 0 spiro atoms. The van der Waals surface area contributed by atoms with Gasteiger partial charge in [-0.05, 0) is 45.8 Å². The second-order valence-electron chi connectivity index (χ2n) is 4.78. The summed E-state index contributed by atoms with van der Waals surface area (Å²) < 4.78 is 0. The van der Waals surface area contributed by atoms with Gasteiger partial charge in [0.25, 0.3) is 0 Å². The average Bonchev–Trinajstić information content (AvgIpc) is 2.32. The van der Waals surface area contributed by atoms with Crippen molar-refractivity contribution in [2.45, 2.75) is 40.0 Å². The van der Waals surface area contributed by atoms with Crippen LogP contribution < -0.4 is 11.1 Å². The minimum atomic E-state index is 0. The zero-order valence-electron chi connectivity index (χ0n) is 12.7. The van der Waals surface area contributed by atoms with Crippen LogP contribution in [0.1, 0.15) is 40.0 Å². The van der Waals surface area contributed by atoms with Gasteiger partial charge in [-0.25, -0.2) is 4.99 Å². The maximum atomic E-state index is 5.74. The molecule has 0 unspecified atom stereocenters. The van der Waals surface area contributed by atoms with Gasteiger partial charge in [-0.3, -0.25) is 0 Å².